The molecule has 2 nitrogen and oxygen atoms in total. The molecule has 5 heteroatoms. The summed E-state index contributed by atoms with van der Waals surface area (Å²) in [6.07, 6.45) is 17.4. The molecular formula is C18H30Cl2N2Pd. The van der Waals surface area contributed by atoms with Gasteiger partial charge in [0.25, 0.3) is 0 Å². The molecule has 136 valence electrons. The molecule has 1 aromatic rings. The molecule has 0 bridgehead atoms. The van der Waals surface area contributed by atoms with E-state index >= 15 is 0 Å². The standard InChI is InChI=1S/C18H30N2.2ClH.Pd/c1-2-3-4-5-6-7-8-9-10-12-15-19-17-18-14-11-13-16-20-18;;;/h11,13-14,16-17H,2-10,12,15H2,1H3;2*1H;/q;;;+2/p-2. The van der Waals surface area contributed by atoms with Gasteiger partial charge < -0.3 is 0 Å². The second-order valence-corrected chi connectivity index (χ2v) is 7.88. The van der Waals surface area contributed by atoms with Gasteiger partial charge in [-0.2, -0.15) is 0 Å². The third-order valence-electron chi connectivity index (χ3n) is 3.55. The first-order chi connectivity index (χ1) is 11.3. The second-order valence-electron chi connectivity index (χ2n) is 5.52. The van der Waals surface area contributed by atoms with E-state index in [0.29, 0.717) is 0 Å². The molecule has 1 heterocycles. The number of rotatable bonds is 12. The van der Waals surface area contributed by atoms with E-state index in [-0.39, 0.29) is 15.9 Å². The Hall–Kier alpha value is 0.0623. The molecular weight excluding hydrogens is 422 g/mol. The molecule has 0 amide bonds. The maximum absolute atomic E-state index is 4.81. The molecule has 0 aromatic carbocycles. The van der Waals surface area contributed by atoms with Crippen LogP contribution in [0.25, 0.3) is 0 Å². The van der Waals surface area contributed by atoms with E-state index in [2.05, 4.69) is 16.9 Å². The number of halogens is 2. The predicted octanol–water partition coefficient (Wildman–Crippen LogP) is 6.80. The van der Waals surface area contributed by atoms with E-state index in [4.69, 9.17) is 19.1 Å². The van der Waals surface area contributed by atoms with Crippen LogP contribution >= 0.6 is 19.1 Å². The molecule has 0 saturated carbocycles. The predicted molar refractivity (Wildman–Crippen MR) is 100 cm³/mol. The van der Waals surface area contributed by atoms with Crippen molar-refractivity contribution in [2.75, 3.05) is 6.54 Å². The van der Waals surface area contributed by atoms with Gasteiger partial charge >= 0.3 is 35.0 Å². The quantitative estimate of drug-likeness (QED) is 0.195. The zero-order valence-corrected chi connectivity index (χ0v) is 17.2. The first kappa shape index (κ1) is 23.1. The molecule has 0 radical (unpaired) electrons. The zero-order valence-electron chi connectivity index (χ0n) is 14.1. The average Bonchev–Trinajstić information content (AvgIpc) is 2.57. The van der Waals surface area contributed by atoms with Crippen LogP contribution in [0.1, 0.15) is 76.8 Å². The van der Waals surface area contributed by atoms with E-state index in [1.807, 2.05) is 30.6 Å². The van der Waals surface area contributed by atoms with E-state index in [1.54, 1.807) is 0 Å². The summed E-state index contributed by atoms with van der Waals surface area (Å²) in [6.45, 7) is 3.21. The van der Waals surface area contributed by atoms with Crippen molar-refractivity contribution >= 4 is 25.3 Å². The van der Waals surface area contributed by atoms with Crippen molar-refractivity contribution in [2.45, 2.75) is 71.1 Å². The number of aliphatic imine (C=N–C) groups is 1. The number of hydrogen-bond donors (Lipinski definition) is 0. The Morgan fingerprint density at radius 2 is 1.52 bits per heavy atom. The van der Waals surface area contributed by atoms with Crippen LogP contribution < -0.4 is 0 Å². The van der Waals surface area contributed by atoms with E-state index in [1.165, 1.54) is 64.2 Å². The van der Waals surface area contributed by atoms with Crippen molar-refractivity contribution in [3.63, 3.8) is 0 Å². The van der Waals surface area contributed by atoms with Crippen molar-refractivity contribution in [1.82, 2.24) is 4.98 Å². The summed E-state index contributed by atoms with van der Waals surface area (Å²) in [5.74, 6) is 0. The van der Waals surface area contributed by atoms with Gasteiger partial charge in [-0.05, 0) is 18.6 Å². The number of aromatic nitrogens is 1. The fourth-order valence-electron chi connectivity index (χ4n) is 2.30. The van der Waals surface area contributed by atoms with Gasteiger partial charge in [-0.3, -0.25) is 9.98 Å². The number of unbranched alkanes of at least 4 members (excludes halogenated alkanes) is 9. The Labute approximate surface area is 158 Å². The molecule has 0 fully saturated rings. The Morgan fingerprint density at radius 1 is 0.957 bits per heavy atom. The zero-order chi connectivity index (χ0) is 17.0. The third-order valence-corrected chi connectivity index (χ3v) is 3.55. The van der Waals surface area contributed by atoms with Crippen LogP contribution in [0, 0.1) is 0 Å². The van der Waals surface area contributed by atoms with Crippen molar-refractivity contribution in [3.8, 4) is 0 Å². The SMILES string of the molecule is CCCCCCCCCCCCN=Cc1ccccn1.[Cl][Pd][Cl]. The normalized spacial score (nSPS) is 10.7. The summed E-state index contributed by atoms with van der Waals surface area (Å²) in [6, 6.07) is 5.91. The Bertz CT molecular complexity index is 361. The third kappa shape index (κ3) is 18.2. The van der Waals surface area contributed by atoms with Crippen LogP contribution in [-0.4, -0.2) is 17.7 Å². The van der Waals surface area contributed by atoms with Gasteiger partial charge in [0.2, 0.25) is 0 Å². The van der Waals surface area contributed by atoms with E-state index in [0.717, 1.165) is 12.2 Å². The van der Waals surface area contributed by atoms with Crippen LogP contribution in [0.4, 0.5) is 0 Å². The molecule has 1 aromatic heterocycles. The number of pyridine rings is 1. The minimum absolute atomic E-state index is 0.106. The average molecular weight is 452 g/mol. The number of hydrogen-bond acceptors (Lipinski definition) is 2. The molecule has 23 heavy (non-hydrogen) atoms. The Balaban J connectivity index is 0.00000149. The number of nitrogens with zero attached hydrogens (tertiary/aromatic N) is 2. The summed E-state index contributed by atoms with van der Waals surface area (Å²) >= 11 is -0.106. The van der Waals surface area contributed by atoms with Gasteiger partial charge in [-0.25, -0.2) is 0 Å². The Morgan fingerprint density at radius 3 is 2.04 bits per heavy atom. The molecule has 0 atom stereocenters. The second kappa shape index (κ2) is 20.1. The molecule has 0 saturated heterocycles. The van der Waals surface area contributed by atoms with Crippen LogP contribution in [0.3, 0.4) is 0 Å². The first-order valence-corrected chi connectivity index (χ1v) is 12.6. The van der Waals surface area contributed by atoms with Gasteiger partial charge in [0, 0.05) is 19.0 Å². The topological polar surface area (TPSA) is 25.2 Å². The monoisotopic (exact) mass is 450 g/mol. The molecule has 0 aliphatic rings. The van der Waals surface area contributed by atoms with Gasteiger partial charge in [-0.15, -0.1) is 0 Å². The maximum atomic E-state index is 4.81. The van der Waals surface area contributed by atoms with Crippen LogP contribution in [0.2, 0.25) is 0 Å². The molecule has 0 spiro atoms. The van der Waals surface area contributed by atoms with Crippen molar-refractivity contribution in [3.05, 3.63) is 30.1 Å². The van der Waals surface area contributed by atoms with Gasteiger partial charge in [0.1, 0.15) is 0 Å². The van der Waals surface area contributed by atoms with Crippen molar-refractivity contribution in [2.24, 2.45) is 4.99 Å². The molecule has 0 aliphatic heterocycles. The summed E-state index contributed by atoms with van der Waals surface area (Å²) in [7, 11) is 9.63. The van der Waals surface area contributed by atoms with Gasteiger partial charge in [-0.1, -0.05) is 70.8 Å². The molecule has 0 aliphatic carbocycles. The van der Waals surface area contributed by atoms with Crippen LogP contribution in [0.15, 0.2) is 29.4 Å². The van der Waals surface area contributed by atoms with E-state index in [9.17, 15) is 0 Å². The van der Waals surface area contributed by atoms with Crippen LogP contribution in [-0.2, 0) is 15.9 Å². The summed E-state index contributed by atoms with van der Waals surface area (Å²) in [5.41, 5.74) is 0.958. The fraction of sp³-hybridized carbons (Fsp3) is 0.667. The van der Waals surface area contributed by atoms with Crippen molar-refractivity contribution < 1.29 is 15.9 Å². The molecule has 0 N–H and O–H groups in total. The summed E-state index contributed by atoms with van der Waals surface area (Å²) in [5, 5.41) is 0. The fourth-order valence-corrected chi connectivity index (χ4v) is 2.30. The first-order valence-electron chi connectivity index (χ1n) is 8.58. The van der Waals surface area contributed by atoms with Gasteiger partial charge in [0.05, 0.1) is 5.69 Å². The summed E-state index contributed by atoms with van der Waals surface area (Å²) in [4.78, 5) is 8.64. The van der Waals surface area contributed by atoms with Gasteiger partial charge in [0.15, 0.2) is 0 Å². The Kier molecular flexibility index (Phi) is 20.2. The van der Waals surface area contributed by atoms with Crippen LogP contribution in [0.5, 0.6) is 0 Å². The molecule has 0 unspecified atom stereocenters. The van der Waals surface area contributed by atoms with Crippen molar-refractivity contribution in [1.29, 1.82) is 0 Å². The molecule has 1 rings (SSSR count). The van der Waals surface area contributed by atoms with E-state index < -0.39 is 0 Å². The summed E-state index contributed by atoms with van der Waals surface area (Å²) < 4.78 is 0. The minimum atomic E-state index is -0.106.